The van der Waals surface area contributed by atoms with Gasteiger partial charge in [0.15, 0.2) is 0 Å². The standard InChI is InChI=1S/C18H14N.2C11H8N.Ir/c1-14-7-5-6-10-17(14)16-11-12-18(19-13-16)15-8-3-2-4-9-15;2*1-2-6-10(7-3-1)11-8-4-5-9-12-11;/h2-8,10-13H,1H3;2*1-6,8-9H;/q3*-1;+3/i1D3;;;. The Kier molecular flexibility index (Phi) is 10.9. The predicted molar refractivity (Wildman–Crippen MR) is 176 cm³/mol. The fraction of sp³-hybridized carbons (Fsp3) is 0.0250. The van der Waals surface area contributed by atoms with Crippen LogP contribution in [0.2, 0.25) is 0 Å². The summed E-state index contributed by atoms with van der Waals surface area (Å²) in [4.78, 5) is 12.9. The van der Waals surface area contributed by atoms with Gasteiger partial charge in [0.1, 0.15) is 0 Å². The molecule has 3 aromatic heterocycles. The molecule has 4 aromatic carbocycles. The molecular formula is C40H30IrN3. The number of benzene rings is 4. The number of hydrogen-bond donors (Lipinski definition) is 0. The smallest absolute Gasteiger partial charge is 0.305 e. The van der Waals surface area contributed by atoms with Crippen molar-refractivity contribution in [2.45, 2.75) is 6.85 Å². The van der Waals surface area contributed by atoms with Crippen LogP contribution in [0.25, 0.3) is 44.9 Å². The minimum absolute atomic E-state index is 0. The Hall–Kier alpha value is -5.02. The summed E-state index contributed by atoms with van der Waals surface area (Å²) in [5.41, 5.74) is 7.59. The monoisotopic (exact) mass is 748 g/mol. The summed E-state index contributed by atoms with van der Waals surface area (Å²) in [6.07, 6.45) is 5.28. The van der Waals surface area contributed by atoms with E-state index in [9.17, 15) is 0 Å². The Bertz CT molecular complexity index is 1740. The number of nitrogens with zero attached hydrogens (tertiary/aromatic N) is 3. The van der Waals surface area contributed by atoms with Crippen LogP contribution in [0.3, 0.4) is 0 Å². The van der Waals surface area contributed by atoms with Crippen LogP contribution >= 0.6 is 0 Å². The van der Waals surface area contributed by atoms with Crippen molar-refractivity contribution < 1.29 is 24.2 Å². The van der Waals surface area contributed by atoms with Crippen molar-refractivity contribution in [2.24, 2.45) is 0 Å². The molecule has 0 saturated heterocycles. The number of aromatic nitrogens is 3. The van der Waals surface area contributed by atoms with Gasteiger partial charge in [-0.3, -0.25) is 0 Å². The van der Waals surface area contributed by atoms with Crippen LogP contribution in [0.4, 0.5) is 0 Å². The third kappa shape index (κ3) is 9.24. The molecule has 0 atom stereocenters. The molecule has 0 spiro atoms. The van der Waals surface area contributed by atoms with Crippen molar-refractivity contribution in [3.05, 3.63) is 188 Å². The Morgan fingerprint density at radius 1 is 0.477 bits per heavy atom. The van der Waals surface area contributed by atoms with Gasteiger partial charge < -0.3 is 15.0 Å². The van der Waals surface area contributed by atoms with Crippen molar-refractivity contribution >= 4 is 0 Å². The third-order valence-corrected chi connectivity index (χ3v) is 6.29. The van der Waals surface area contributed by atoms with Gasteiger partial charge in [-0.25, -0.2) is 0 Å². The number of aryl methyl sites for hydroxylation is 1. The molecule has 0 aliphatic heterocycles. The first-order chi connectivity index (χ1) is 22.5. The summed E-state index contributed by atoms with van der Waals surface area (Å²) in [5.74, 6) is 0. The largest absolute Gasteiger partial charge is 3.00 e. The van der Waals surface area contributed by atoms with Crippen LogP contribution < -0.4 is 0 Å². The second kappa shape index (κ2) is 17.2. The molecule has 7 aromatic rings. The van der Waals surface area contributed by atoms with Crippen molar-refractivity contribution in [1.82, 2.24) is 15.0 Å². The quantitative estimate of drug-likeness (QED) is 0.169. The van der Waals surface area contributed by atoms with E-state index in [1.54, 1.807) is 30.7 Å². The summed E-state index contributed by atoms with van der Waals surface area (Å²) in [6, 6.07) is 55.2. The minimum atomic E-state index is -2.14. The molecule has 214 valence electrons. The van der Waals surface area contributed by atoms with Gasteiger partial charge >= 0.3 is 20.1 Å². The van der Waals surface area contributed by atoms with Gasteiger partial charge in [0.25, 0.3) is 0 Å². The van der Waals surface area contributed by atoms with Crippen molar-refractivity contribution in [1.29, 1.82) is 0 Å². The average molecular weight is 748 g/mol. The van der Waals surface area contributed by atoms with Crippen molar-refractivity contribution in [3.8, 4) is 44.9 Å². The summed E-state index contributed by atoms with van der Waals surface area (Å²) in [6.45, 7) is -2.14. The van der Waals surface area contributed by atoms with Gasteiger partial charge in [0.05, 0.1) is 0 Å². The van der Waals surface area contributed by atoms with E-state index < -0.39 is 6.85 Å². The molecule has 0 aliphatic rings. The normalized spacial score (nSPS) is 11.0. The van der Waals surface area contributed by atoms with Crippen molar-refractivity contribution in [3.63, 3.8) is 0 Å². The Labute approximate surface area is 278 Å². The van der Waals surface area contributed by atoms with Gasteiger partial charge in [-0.15, -0.1) is 108 Å². The molecule has 0 N–H and O–H groups in total. The molecule has 0 radical (unpaired) electrons. The topological polar surface area (TPSA) is 38.7 Å². The van der Waals surface area contributed by atoms with Crippen LogP contribution in [0.1, 0.15) is 9.68 Å². The van der Waals surface area contributed by atoms with E-state index >= 15 is 0 Å². The second-order valence-electron chi connectivity index (χ2n) is 9.24. The molecule has 0 unspecified atom stereocenters. The minimum Gasteiger partial charge on any atom is -0.305 e. The summed E-state index contributed by atoms with van der Waals surface area (Å²) in [7, 11) is 0. The van der Waals surface area contributed by atoms with Gasteiger partial charge in [0.2, 0.25) is 0 Å². The van der Waals surface area contributed by atoms with Crippen LogP contribution in [0, 0.1) is 25.1 Å². The van der Waals surface area contributed by atoms with Crippen LogP contribution in [0.5, 0.6) is 0 Å². The van der Waals surface area contributed by atoms with Crippen molar-refractivity contribution in [2.75, 3.05) is 0 Å². The van der Waals surface area contributed by atoms with E-state index in [1.165, 1.54) is 0 Å². The first kappa shape index (κ1) is 27.8. The Morgan fingerprint density at radius 2 is 0.955 bits per heavy atom. The van der Waals surface area contributed by atoms with Crippen LogP contribution in [-0.4, -0.2) is 15.0 Å². The van der Waals surface area contributed by atoms with E-state index in [1.807, 2.05) is 133 Å². The summed E-state index contributed by atoms with van der Waals surface area (Å²) >= 11 is 0. The molecule has 4 heteroatoms. The van der Waals surface area contributed by atoms with E-state index in [4.69, 9.17) is 4.11 Å². The molecule has 3 heterocycles. The number of pyridine rings is 3. The van der Waals surface area contributed by atoms with Gasteiger partial charge in [-0.1, -0.05) is 60.7 Å². The van der Waals surface area contributed by atoms with E-state index in [0.717, 1.165) is 39.3 Å². The molecule has 0 bridgehead atoms. The van der Waals surface area contributed by atoms with Crippen LogP contribution in [0.15, 0.2) is 164 Å². The fourth-order valence-electron chi connectivity index (χ4n) is 4.15. The maximum absolute atomic E-state index is 7.65. The molecule has 3 nitrogen and oxygen atoms in total. The molecule has 0 saturated carbocycles. The fourth-order valence-corrected chi connectivity index (χ4v) is 4.15. The van der Waals surface area contributed by atoms with E-state index in [0.29, 0.717) is 11.1 Å². The second-order valence-corrected chi connectivity index (χ2v) is 9.24. The zero-order valence-electron chi connectivity index (χ0n) is 26.8. The van der Waals surface area contributed by atoms with E-state index in [-0.39, 0.29) is 20.1 Å². The number of hydrogen-bond acceptors (Lipinski definition) is 3. The molecule has 44 heavy (non-hydrogen) atoms. The molecular weight excluding hydrogens is 715 g/mol. The van der Waals surface area contributed by atoms with Crippen LogP contribution in [-0.2, 0) is 20.1 Å². The average Bonchev–Trinajstić information content (AvgIpc) is 3.14. The molecule has 0 fully saturated rings. The zero-order chi connectivity index (χ0) is 32.0. The molecule has 7 rings (SSSR count). The molecule has 0 amide bonds. The number of rotatable bonds is 4. The first-order valence-electron chi connectivity index (χ1n) is 15.3. The summed E-state index contributed by atoms with van der Waals surface area (Å²) in [5, 5.41) is 0. The first-order valence-corrected chi connectivity index (χ1v) is 13.8. The maximum Gasteiger partial charge on any atom is 3.00 e. The Morgan fingerprint density at radius 3 is 1.36 bits per heavy atom. The summed E-state index contributed by atoms with van der Waals surface area (Å²) < 4.78 is 22.9. The third-order valence-electron chi connectivity index (χ3n) is 6.29. The maximum atomic E-state index is 7.65. The predicted octanol–water partition coefficient (Wildman–Crippen LogP) is 9.62. The van der Waals surface area contributed by atoms with Gasteiger partial charge in [0, 0.05) is 22.7 Å². The molecule has 0 aliphatic carbocycles. The van der Waals surface area contributed by atoms with Gasteiger partial charge in [-0.05, 0) is 52.8 Å². The zero-order valence-corrected chi connectivity index (χ0v) is 26.2. The Balaban J connectivity index is 0.000000170. The SMILES string of the molecule is [2H]C([2H])([2H])c1ccccc1-c1ccc(-c2[c-]cccc2)nc1.[Ir+3].[c-]1ccccc1-c1ccccn1.[c-]1ccccc1-c1ccccn1. The van der Waals surface area contributed by atoms with Gasteiger partial charge in [-0.2, -0.15) is 0 Å². The van der Waals surface area contributed by atoms with E-state index in [2.05, 4.69) is 33.2 Å².